The minimum atomic E-state index is -0.448. The minimum Gasteiger partial charge on any atom is -0.365 e. The molecule has 0 radical (unpaired) electrons. The molecule has 1 aromatic heterocycles. The van der Waals surface area contributed by atoms with E-state index in [0.29, 0.717) is 28.4 Å². The third kappa shape index (κ3) is 2.72. The first-order valence-corrected chi connectivity index (χ1v) is 8.95. The van der Waals surface area contributed by atoms with E-state index >= 15 is 0 Å². The first-order valence-electron chi connectivity index (χ1n) is 8.08. The number of likely N-dealkylation sites (tertiary alicyclic amines) is 1. The van der Waals surface area contributed by atoms with Crippen molar-refractivity contribution in [1.29, 1.82) is 0 Å². The van der Waals surface area contributed by atoms with Gasteiger partial charge in [-0.2, -0.15) is 0 Å². The number of nitrogens with one attached hydrogen (secondary N) is 1. The number of anilines is 1. The lowest BCUT2D eigenvalue weighted by molar-refractivity contribution is 0.100. The molecule has 118 valence electrons. The maximum Gasteiger partial charge on any atom is 0.322 e. The van der Waals surface area contributed by atoms with Crippen molar-refractivity contribution in [2.45, 2.75) is 38.1 Å². The maximum atomic E-state index is 12.6. The molecule has 1 aromatic rings. The topological polar surface area (TPSA) is 75.4 Å². The summed E-state index contributed by atoms with van der Waals surface area (Å²) >= 11 is 1.27. The molecule has 6 heteroatoms. The van der Waals surface area contributed by atoms with Gasteiger partial charge in [-0.15, -0.1) is 11.3 Å². The summed E-state index contributed by atoms with van der Waals surface area (Å²) in [5, 5.41) is 4.72. The summed E-state index contributed by atoms with van der Waals surface area (Å²) in [5.74, 6) is 1.80. The smallest absolute Gasteiger partial charge is 0.322 e. The highest BCUT2D eigenvalue weighted by Gasteiger charge is 2.47. The van der Waals surface area contributed by atoms with Gasteiger partial charge < -0.3 is 16.0 Å². The Morgan fingerprint density at radius 2 is 1.91 bits per heavy atom. The Balaban J connectivity index is 1.44. The molecule has 0 aromatic carbocycles. The molecule has 0 unspecified atom stereocenters. The fourth-order valence-electron chi connectivity index (χ4n) is 3.70. The van der Waals surface area contributed by atoms with Gasteiger partial charge in [0.05, 0.1) is 10.6 Å². The highest BCUT2D eigenvalue weighted by Crippen LogP contribution is 2.48. The molecule has 4 rings (SSSR count). The van der Waals surface area contributed by atoms with Crippen LogP contribution in [0.3, 0.4) is 0 Å². The first-order chi connectivity index (χ1) is 10.6. The van der Waals surface area contributed by atoms with Crippen molar-refractivity contribution in [2.75, 3.05) is 11.9 Å². The molecule has 22 heavy (non-hydrogen) atoms. The van der Waals surface area contributed by atoms with Crippen molar-refractivity contribution >= 4 is 29.0 Å². The Hall–Kier alpha value is -1.56. The molecule has 2 saturated carbocycles. The highest BCUT2D eigenvalue weighted by molar-refractivity contribution is 7.12. The monoisotopic (exact) mass is 319 g/mol. The molecule has 3 N–H and O–H groups in total. The number of carbonyl (C=O) groups excluding carboxylic acids is 2. The predicted octanol–water partition coefficient (Wildman–Crippen LogP) is 2.89. The summed E-state index contributed by atoms with van der Waals surface area (Å²) in [6, 6.07) is 2.06. The van der Waals surface area contributed by atoms with Gasteiger partial charge in [0.25, 0.3) is 5.91 Å². The van der Waals surface area contributed by atoms with Gasteiger partial charge in [0, 0.05) is 18.0 Å². The quantitative estimate of drug-likeness (QED) is 0.895. The summed E-state index contributed by atoms with van der Waals surface area (Å²) < 4.78 is 0. The zero-order valence-corrected chi connectivity index (χ0v) is 13.3. The van der Waals surface area contributed by atoms with E-state index in [1.165, 1.54) is 43.4 Å². The van der Waals surface area contributed by atoms with Crippen molar-refractivity contribution in [3.05, 3.63) is 16.3 Å². The molecular weight excluding hydrogens is 298 g/mol. The number of urea groups is 1. The van der Waals surface area contributed by atoms with Crippen molar-refractivity contribution in [3.63, 3.8) is 0 Å². The molecule has 3 amide bonds. The van der Waals surface area contributed by atoms with Gasteiger partial charge in [0.1, 0.15) is 0 Å². The fourth-order valence-corrected chi connectivity index (χ4v) is 4.39. The minimum absolute atomic E-state index is 0.0196. The number of nitrogens with zero attached hydrogens (tertiary/aromatic N) is 1. The van der Waals surface area contributed by atoms with E-state index in [9.17, 15) is 9.59 Å². The summed E-state index contributed by atoms with van der Waals surface area (Å²) in [6.45, 7) is 0.893. The number of rotatable bonds is 4. The number of hydrogen-bond donors (Lipinski definition) is 2. The van der Waals surface area contributed by atoms with E-state index in [2.05, 4.69) is 5.32 Å². The number of nitrogens with two attached hydrogens (primary N) is 1. The van der Waals surface area contributed by atoms with E-state index in [0.717, 1.165) is 12.5 Å². The van der Waals surface area contributed by atoms with E-state index in [1.54, 1.807) is 11.4 Å². The largest absolute Gasteiger partial charge is 0.365 e. The highest BCUT2D eigenvalue weighted by atomic mass is 32.1. The van der Waals surface area contributed by atoms with Crippen LogP contribution in [0.1, 0.15) is 41.8 Å². The third-order valence-corrected chi connectivity index (χ3v) is 6.13. The molecule has 3 fully saturated rings. The predicted molar refractivity (Wildman–Crippen MR) is 85.9 cm³/mol. The van der Waals surface area contributed by atoms with Crippen molar-refractivity contribution in [3.8, 4) is 0 Å². The molecule has 0 bridgehead atoms. The molecule has 2 aliphatic carbocycles. The van der Waals surface area contributed by atoms with Crippen LogP contribution in [0.5, 0.6) is 0 Å². The van der Waals surface area contributed by atoms with Gasteiger partial charge in [0.15, 0.2) is 0 Å². The molecular formula is C16H21N3O2S. The van der Waals surface area contributed by atoms with Crippen LogP contribution in [-0.2, 0) is 0 Å². The van der Waals surface area contributed by atoms with E-state index in [-0.39, 0.29) is 6.03 Å². The van der Waals surface area contributed by atoms with Gasteiger partial charge in [-0.3, -0.25) is 4.79 Å². The van der Waals surface area contributed by atoms with E-state index in [1.807, 2.05) is 4.90 Å². The van der Waals surface area contributed by atoms with E-state index in [4.69, 9.17) is 5.73 Å². The number of hydrogen-bond acceptors (Lipinski definition) is 3. The number of thiophene rings is 1. The lowest BCUT2D eigenvalue weighted by Gasteiger charge is -2.24. The number of amides is 3. The molecule has 0 spiro atoms. The Bertz CT molecular complexity index is 606. The lowest BCUT2D eigenvalue weighted by atomic mass is 9.98. The second kappa shape index (κ2) is 5.26. The van der Waals surface area contributed by atoms with Crippen molar-refractivity contribution in [1.82, 2.24) is 4.90 Å². The Morgan fingerprint density at radius 3 is 2.50 bits per heavy atom. The normalized spacial score (nSPS) is 27.9. The zero-order chi connectivity index (χ0) is 15.3. The lowest BCUT2D eigenvalue weighted by Crippen LogP contribution is -2.40. The second-order valence-corrected chi connectivity index (χ2v) is 7.80. The Labute approximate surface area is 133 Å². The molecule has 5 nitrogen and oxygen atoms in total. The van der Waals surface area contributed by atoms with Crippen molar-refractivity contribution < 1.29 is 9.59 Å². The maximum absolute atomic E-state index is 12.6. The Kier molecular flexibility index (Phi) is 3.36. The van der Waals surface area contributed by atoms with Crippen LogP contribution in [0.25, 0.3) is 0 Å². The van der Waals surface area contributed by atoms with Crippen LogP contribution < -0.4 is 11.1 Å². The Morgan fingerprint density at radius 1 is 1.18 bits per heavy atom. The SMILES string of the molecule is NC(=O)c1cc(NC(=O)N2C[C@H](C3CC3)C[C@@H]2C2CC2)cs1. The van der Waals surface area contributed by atoms with Crippen LogP contribution in [0.2, 0.25) is 0 Å². The summed E-state index contributed by atoms with van der Waals surface area (Å²) in [5.41, 5.74) is 5.93. The van der Waals surface area contributed by atoms with Crippen LogP contribution >= 0.6 is 11.3 Å². The summed E-state index contributed by atoms with van der Waals surface area (Å²) in [6.07, 6.45) is 6.37. The van der Waals surface area contributed by atoms with Gasteiger partial charge in [-0.25, -0.2) is 4.79 Å². The molecule has 2 atom stereocenters. The van der Waals surface area contributed by atoms with Gasteiger partial charge in [0.2, 0.25) is 0 Å². The molecule has 2 heterocycles. The first kappa shape index (κ1) is 14.1. The van der Waals surface area contributed by atoms with Crippen LogP contribution in [-0.4, -0.2) is 29.4 Å². The van der Waals surface area contributed by atoms with Crippen LogP contribution in [0, 0.1) is 17.8 Å². The fraction of sp³-hybridized carbons (Fsp3) is 0.625. The molecule has 1 saturated heterocycles. The average molecular weight is 319 g/mol. The second-order valence-electron chi connectivity index (χ2n) is 6.88. The zero-order valence-electron chi connectivity index (χ0n) is 12.5. The average Bonchev–Trinajstić information content (AvgIpc) is 3.42. The molecule has 3 aliphatic rings. The van der Waals surface area contributed by atoms with Gasteiger partial charge >= 0.3 is 6.03 Å². The van der Waals surface area contributed by atoms with E-state index < -0.39 is 5.91 Å². The van der Waals surface area contributed by atoms with Gasteiger partial charge in [-0.1, -0.05) is 0 Å². The van der Waals surface area contributed by atoms with Crippen LogP contribution in [0.4, 0.5) is 10.5 Å². The summed E-state index contributed by atoms with van der Waals surface area (Å²) in [4.78, 5) is 26.3. The van der Waals surface area contributed by atoms with Crippen LogP contribution in [0.15, 0.2) is 11.4 Å². The van der Waals surface area contributed by atoms with Gasteiger partial charge in [-0.05, 0) is 55.9 Å². The van der Waals surface area contributed by atoms with Crippen molar-refractivity contribution in [2.24, 2.45) is 23.5 Å². The molecule has 1 aliphatic heterocycles. The standard InChI is InChI=1S/C16H21N3O2S/c17-15(20)14-6-12(8-22-14)18-16(21)19-7-11(9-1-2-9)5-13(19)10-3-4-10/h6,8-11,13H,1-5,7H2,(H2,17,20)(H,18,21)/t11-,13-/m1/s1. The third-order valence-electron chi connectivity index (χ3n) is 5.19. The summed E-state index contributed by atoms with van der Waals surface area (Å²) in [7, 11) is 0. The number of carbonyl (C=O) groups is 2. The number of primary amides is 1.